The Bertz CT molecular complexity index is 761. The lowest BCUT2D eigenvalue weighted by atomic mass is 9.85. The monoisotopic (exact) mass is 352 g/mol. The van der Waals surface area contributed by atoms with Crippen molar-refractivity contribution in [2.75, 3.05) is 11.9 Å². The summed E-state index contributed by atoms with van der Waals surface area (Å²) in [6.45, 7) is 3.90. The van der Waals surface area contributed by atoms with Gasteiger partial charge in [0.15, 0.2) is 0 Å². The third-order valence-corrected chi connectivity index (χ3v) is 6.13. The second-order valence-corrected chi connectivity index (χ2v) is 7.47. The Morgan fingerprint density at radius 3 is 2.08 bits per heavy atom. The van der Waals surface area contributed by atoms with Crippen LogP contribution in [0.2, 0.25) is 0 Å². The molecule has 2 bridgehead atoms. The minimum absolute atomic E-state index is 0.169. The number of nitrogens with zero attached hydrogens (tertiary/aromatic N) is 1. The van der Waals surface area contributed by atoms with Gasteiger partial charge in [0.25, 0.3) is 0 Å². The van der Waals surface area contributed by atoms with Gasteiger partial charge in [-0.25, -0.2) is 0 Å². The molecule has 3 aliphatic rings. The van der Waals surface area contributed by atoms with E-state index in [4.69, 9.17) is 0 Å². The summed E-state index contributed by atoms with van der Waals surface area (Å²) >= 11 is 0. The van der Waals surface area contributed by atoms with E-state index in [0.29, 0.717) is 0 Å². The molecule has 0 spiro atoms. The van der Waals surface area contributed by atoms with Crippen molar-refractivity contribution in [3.05, 3.63) is 41.5 Å². The number of hydrogen-bond donors (Lipinski definition) is 1. The van der Waals surface area contributed by atoms with Gasteiger partial charge in [0.2, 0.25) is 17.7 Å². The zero-order valence-electron chi connectivity index (χ0n) is 15.2. The van der Waals surface area contributed by atoms with Crippen molar-refractivity contribution in [2.24, 2.45) is 23.7 Å². The topological polar surface area (TPSA) is 66.5 Å². The largest absolute Gasteiger partial charge is 0.324 e. The van der Waals surface area contributed by atoms with Crippen molar-refractivity contribution in [3.63, 3.8) is 0 Å². The molecule has 1 aliphatic heterocycles. The average molecular weight is 352 g/mol. The standard InChI is InChI=1S/C21H24N2O3/c1-3-12-6-5-7-13(4-2)19(12)22-16(24)11-23-20(25)17-14-8-9-15(10-14)18(17)21(23)26/h5-9,14-15,17-18H,3-4,10-11H2,1-2H3,(H,22,24)/t14-,15-,17+,18+/m0/s1. The smallest absolute Gasteiger partial charge is 0.244 e. The van der Waals surface area contributed by atoms with E-state index in [1.54, 1.807) is 0 Å². The number of nitrogens with one attached hydrogen (secondary N) is 1. The number of allylic oxidation sites excluding steroid dienone is 2. The van der Waals surface area contributed by atoms with E-state index in [-0.39, 0.29) is 47.9 Å². The van der Waals surface area contributed by atoms with Gasteiger partial charge in [0.1, 0.15) is 6.54 Å². The highest BCUT2D eigenvalue weighted by atomic mass is 16.2. The van der Waals surface area contributed by atoms with Crippen molar-refractivity contribution in [2.45, 2.75) is 33.1 Å². The molecule has 3 amide bonds. The first-order valence-electron chi connectivity index (χ1n) is 9.49. The number of imide groups is 1. The maximum absolute atomic E-state index is 12.7. The molecule has 1 saturated heterocycles. The number of carbonyl (C=O) groups is 3. The van der Waals surface area contributed by atoms with Crippen LogP contribution in [-0.2, 0) is 27.2 Å². The van der Waals surface area contributed by atoms with E-state index in [2.05, 4.69) is 17.5 Å². The molecule has 0 unspecified atom stereocenters. The van der Waals surface area contributed by atoms with Crippen molar-refractivity contribution in [1.82, 2.24) is 4.90 Å². The Kier molecular flexibility index (Phi) is 4.17. The summed E-state index contributed by atoms with van der Waals surface area (Å²) in [6.07, 6.45) is 6.64. The number of likely N-dealkylation sites (tertiary alicyclic amines) is 1. The van der Waals surface area contributed by atoms with Crippen molar-refractivity contribution < 1.29 is 14.4 Å². The quantitative estimate of drug-likeness (QED) is 0.654. The highest BCUT2D eigenvalue weighted by Gasteiger charge is 2.59. The number of benzene rings is 1. The minimum atomic E-state index is -0.303. The van der Waals surface area contributed by atoms with Gasteiger partial charge in [0, 0.05) is 5.69 Å². The van der Waals surface area contributed by atoms with Crippen molar-refractivity contribution in [1.29, 1.82) is 0 Å². The van der Waals surface area contributed by atoms with Gasteiger partial charge in [-0.3, -0.25) is 19.3 Å². The molecule has 1 N–H and O–H groups in total. The summed E-state index contributed by atoms with van der Waals surface area (Å²) in [5.74, 6) is -0.816. The number of rotatable bonds is 5. The molecule has 1 aromatic carbocycles. The number of aryl methyl sites for hydroxylation is 2. The van der Waals surface area contributed by atoms with E-state index >= 15 is 0 Å². The lowest BCUT2D eigenvalue weighted by molar-refractivity contribution is -0.143. The SMILES string of the molecule is CCc1cccc(CC)c1NC(=O)CN1C(=O)[C@H]2[C@H](C1=O)[C@H]1C=C[C@H]2C1. The summed E-state index contributed by atoms with van der Waals surface area (Å²) < 4.78 is 0. The Labute approximate surface area is 153 Å². The zero-order valence-corrected chi connectivity index (χ0v) is 15.2. The van der Waals surface area contributed by atoms with Crippen molar-refractivity contribution in [3.8, 4) is 0 Å². The van der Waals surface area contributed by atoms with Gasteiger partial charge in [-0.15, -0.1) is 0 Å². The molecule has 2 aliphatic carbocycles. The van der Waals surface area contributed by atoms with Crippen LogP contribution in [-0.4, -0.2) is 29.2 Å². The predicted molar refractivity (Wildman–Crippen MR) is 98.3 cm³/mol. The maximum Gasteiger partial charge on any atom is 0.244 e. The fourth-order valence-corrected chi connectivity index (χ4v) is 4.85. The summed E-state index contributed by atoms with van der Waals surface area (Å²) in [6, 6.07) is 5.98. The number of hydrogen-bond acceptors (Lipinski definition) is 3. The van der Waals surface area contributed by atoms with Crippen LogP contribution in [0.25, 0.3) is 0 Å². The lowest BCUT2D eigenvalue weighted by Gasteiger charge is -2.19. The number of carbonyl (C=O) groups excluding carboxylic acids is 3. The zero-order chi connectivity index (χ0) is 18.4. The molecule has 4 rings (SSSR count). The van der Waals surface area contributed by atoms with Gasteiger partial charge in [-0.2, -0.15) is 0 Å². The van der Waals surface area contributed by atoms with Crippen LogP contribution in [0.3, 0.4) is 0 Å². The van der Waals surface area contributed by atoms with Crippen LogP contribution < -0.4 is 5.32 Å². The molecule has 1 aromatic rings. The Morgan fingerprint density at radius 1 is 1.04 bits per heavy atom. The molecule has 0 aromatic heterocycles. The van der Waals surface area contributed by atoms with Crippen LogP contribution in [0.1, 0.15) is 31.4 Å². The lowest BCUT2D eigenvalue weighted by Crippen LogP contribution is -2.39. The van der Waals surface area contributed by atoms with Gasteiger partial charge in [-0.1, -0.05) is 44.2 Å². The Morgan fingerprint density at radius 2 is 1.58 bits per heavy atom. The first-order chi connectivity index (χ1) is 12.5. The first kappa shape index (κ1) is 17.0. The molecule has 136 valence electrons. The molecule has 4 atom stereocenters. The fourth-order valence-electron chi connectivity index (χ4n) is 4.85. The molecule has 0 radical (unpaired) electrons. The third-order valence-electron chi connectivity index (χ3n) is 6.13. The second-order valence-electron chi connectivity index (χ2n) is 7.47. The van der Waals surface area contributed by atoms with Gasteiger partial charge < -0.3 is 5.32 Å². The molecular formula is C21H24N2O3. The number of fused-ring (bicyclic) bond motifs is 5. The van der Waals surface area contributed by atoms with Crippen LogP contribution in [0.4, 0.5) is 5.69 Å². The summed E-state index contributed by atoms with van der Waals surface area (Å²) in [5, 5.41) is 2.95. The van der Waals surface area contributed by atoms with Crippen LogP contribution in [0.5, 0.6) is 0 Å². The fraction of sp³-hybridized carbons (Fsp3) is 0.476. The van der Waals surface area contributed by atoms with Crippen LogP contribution >= 0.6 is 0 Å². The van der Waals surface area contributed by atoms with E-state index in [1.165, 1.54) is 4.90 Å². The normalized spacial score (nSPS) is 28.8. The average Bonchev–Trinajstić information content (AvgIpc) is 3.32. The molecule has 26 heavy (non-hydrogen) atoms. The van der Waals surface area contributed by atoms with Crippen LogP contribution in [0, 0.1) is 23.7 Å². The molecular weight excluding hydrogens is 328 g/mol. The number of anilines is 1. The van der Waals surface area contributed by atoms with Gasteiger partial charge >= 0.3 is 0 Å². The summed E-state index contributed by atoms with van der Waals surface area (Å²) in [7, 11) is 0. The molecule has 2 fully saturated rings. The molecule has 5 heteroatoms. The minimum Gasteiger partial charge on any atom is -0.324 e. The van der Waals surface area contributed by atoms with Gasteiger partial charge in [0.05, 0.1) is 11.8 Å². The van der Waals surface area contributed by atoms with E-state index < -0.39 is 0 Å². The highest BCUT2D eigenvalue weighted by Crippen LogP contribution is 2.52. The van der Waals surface area contributed by atoms with E-state index in [9.17, 15) is 14.4 Å². The predicted octanol–water partition coefficient (Wildman–Crippen LogP) is 2.56. The molecule has 1 saturated carbocycles. The van der Waals surface area contributed by atoms with E-state index in [0.717, 1.165) is 36.1 Å². The van der Waals surface area contributed by atoms with Crippen molar-refractivity contribution >= 4 is 23.4 Å². The first-order valence-corrected chi connectivity index (χ1v) is 9.49. The maximum atomic E-state index is 12.7. The van der Waals surface area contributed by atoms with E-state index in [1.807, 2.05) is 32.0 Å². The second kappa shape index (κ2) is 6.38. The Hall–Kier alpha value is -2.43. The number of para-hydroxylation sites is 1. The molecule has 5 nitrogen and oxygen atoms in total. The highest BCUT2D eigenvalue weighted by molar-refractivity contribution is 6.09. The number of amides is 3. The third kappa shape index (κ3) is 2.49. The summed E-state index contributed by atoms with van der Waals surface area (Å²) in [4.78, 5) is 39.2. The summed E-state index contributed by atoms with van der Waals surface area (Å²) in [5.41, 5.74) is 2.95. The molecule has 1 heterocycles. The Balaban J connectivity index is 1.50. The van der Waals surface area contributed by atoms with Gasteiger partial charge in [-0.05, 0) is 42.2 Å². The van der Waals surface area contributed by atoms with Crippen LogP contribution in [0.15, 0.2) is 30.4 Å².